The number of rotatable bonds is 6. The van der Waals surface area contributed by atoms with Crippen LogP contribution in [0.2, 0.25) is 0 Å². The van der Waals surface area contributed by atoms with Crippen molar-refractivity contribution in [3.05, 3.63) is 42.0 Å². The molecule has 1 aromatic carbocycles. The van der Waals surface area contributed by atoms with Crippen LogP contribution in [-0.2, 0) is 4.74 Å². The third kappa shape index (κ3) is 4.01. The van der Waals surface area contributed by atoms with Crippen molar-refractivity contribution in [2.45, 2.75) is 13.0 Å². The van der Waals surface area contributed by atoms with Crippen LogP contribution in [0.15, 0.2) is 30.9 Å². The van der Waals surface area contributed by atoms with E-state index < -0.39 is 18.1 Å². The SMILES string of the molecule is C=CCOC(=O)N[C@@H](C)c1ccc(OC)c(C(=O)O)c1. The Morgan fingerprint density at radius 3 is 2.75 bits per heavy atom. The van der Waals surface area contributed by atoms with Gasteiger partial charge in [-0.1, -0.05) is 18.7 Å². The van der Waals surface area contributed by atoms with Crippen molar-refractivity contribution in [1.29, 1.82) is 0 Å². The first-order chi connectivity index (χ1) is 9.49. The van der Waals surface area contributed by atoms with Gasteiger partial charge in [-0.15, -0.1) is 0 Å². The highest BCUT2D eigenvalue weighted by Gasteiger charge is 2.16. The highest BCUT2D eigenvalue weighted by Crippen LogP contribution is 2.23. The van der Waals surface area contributed by atoms with Crippen LogP contribution in [0.25, 0.3) is 0 Å². The van der Waals surface area contributed by atoms with E-state index in [1.165, 1.54) is 19.3 Å². The van der Waals surface area contributed by atoms with Crippen LogP contribution in [-0.4, -0.2) is 30.9 Å². The lowest BCUT2D eigenvalue weighted by Gasteiger charge is -2.15. The van der Waals surface area contributed by atoms with Crippen molar-refractivity contribution in [2.75, 3.05) is 13.7 Å². The molecular formula is C14H17NO5. The summed E-state index contributed by atoms with van der Waals surface area (Å²) in [7, 11) is 1.40. The Bertz CT molecular complexity index is 512. The van der Waals surface area contributed by atoms with E-state index in [1.807, 2.05) is 0 Å². The van der Waals surface area contributed by atoms with Crippen molar-refractivity contribution in [1.82, 2.24) is 5.32 Å². The molecule has 0 aliphatic carbocycles. The lowest BCUT2D eigenvalue weighted by Crippen LogP contribution is -2.27. The molecule has 20 heavy (non-hydrogen) atoms. The minimum absolute atomic E-state index is 0.0399. The fourth-order valence-electron chi connectivity index (χ4n) is 1.60. The quantitative estimate of drug-likeness (QED) is 0.781. The number of carbonyl (C=O) groups excluding carboxylic acids is 1. The average molecular weight is 279 g/mol. The van der Waals surface area contributed by atoms with Crippen molar-refractivity contribution < 1.29 is 24.2 Å². The van der Waals surface area contributed by atoms with Crippen LogP contribution in [0.4, 0.5) is 4.79 Å². The topological polar surface area (TPSA) is 84.9 Å². The molecule has 0 saturated carbocycles. The lowest BCUT2D eigenvalue weighted by molar-refractivity contribution is 0.0693. The second-order valence-corrected chi connectivity index (χ2v) is 4.02. The standard InChI is InChI=1S/C14H17NO5/c1-4-7-20-14(18)15-9(2)10-5-6-12(19-3)11(8-10)13(16)17/h4-6,8-9H,1,7H2,2-3H3,(H,15,18)(H,16,17)/t9-/m0/s1. The Kier molecular flexibility index (Phi) is 5.58. The molecule has 0 saturated heterocycles. The van der Waals surface area contributed by atoms with Crippen LogP contribution in [0, 0.1) is 0 Å². The van der Waals surface area contributed by atoms with Crippen LogP contribution in [0.1, 0.15) is 28.9 Å². The molecule has 0 aliphatic rings. The highest BCUT2D eigenvalue weighted by molar-refractivity contribution is 5.91. The maximum absolute atomic E-state index is 11.4. The second kappa shape index (κ2) is 7.18. The predicted molar refractivity (Wildman–Crippen MR) is 73.0 cm³/mol. The van der Waals surface area contributed by atoms with Gasteiger partial charge in [-0.3, -0.25) is 0 Å². The molecular weight excluding hydrogens is 262 g/mol. The third-order valence-electron chi connectivity index (χ3n) is 2.62. The molecule has 1 rings (SSSR count). The average Bonchev–Trinajstić information content (AvgIpc) is 2.44. The maximum Gasteiger partial charge on any atom is 0.407 e. The Morgan fingerprint density at radius 2 is 2.20 bits per heavy atom. The molecule has 0 fully saturated rings. The Balaban J connectivity index is 2.85. The van der Waals surface area contributed by atoms with E-state index in [-0.39, 0.29) is 17.9 Å². The van der Waals surface area contributed by atoms with Crippen molar-refractivity contribution in [2.24, 2.45) is 0 Å². The van der Waals surface area contributed by atoms with Gasteiger partial charge in [0.05, 0.1) is 13.2 Å². The Morgan fingerprint density at radius 1 is 1.50 bits per heavy atom. The van der Waals surface area contributed by atoms with Gasteiger partial charge >= 0.3 is 12.1 Å². The van der Waals surface area contributed by atoms with E-state index in [9.17, 15) is 9.59 Å². The minimum atomic E-state index is -1.09. The maximum atomic E-state index is 11.4. The number of carboxylic acid groups (broad SMARTS) is 1. The van der Waals surface area contributed by atoms with Crippen LogP contribution < -0.4 is 10.1 Å². The van der Waals surface area contributed by atoms with Gasteiger partial charge in [-0.2, -0.15) is 0 Å². The first-order valence-electron chi connectivity index (χ1n) is 5.95. The minimum Gasteiger partial charge on any atom is -0.496 e. The van der Waals surface area contributed by atoms with Crippen molar-refractivity contribution in [3.63, 3.8) is 0 Å². The summed E-state index contributed by atoms with van der Waals surface area (Å²) < 4.78 is 9.77. The van der Waals surface area contributed by atoms with E-state index in [0.29, 0.717) is 5.56 Å². The van der Waals surface area contributed by atoms with E-state index in [1.54, 1.807) is 19.1 Å². The number of methoxy groups -OCH3 is 1. The summed E-state index contributed by atoms with van der Waals surface area (Å²) in [5.41, 5.74) is 0.678. The summed E-state index contributed by atoms with van der Waals surface area (Å²) in [6.45, 7) is 5.27. The molecule has 0 unspecified atom stereocenters. The molecule has 0 bridgehead atoms. The molecule has 1 atom stereocenters. The number of ether oxygens (including phenoxy) is 2. The van der Waals surface area contributed by atoms with Gasteiger partial charge in [0.1, 0.15) is 17.9 Å². The van der Waals surface area contributed by atoms with Crippen molar-refractivity contribution >= 4 is 12.1 Å². The molecule has 0 spiro atoms. The van der Waals surface area contributed by atoms with Gasteiger partial charge in [0.15, 0.2) is 0 Å². The van der Waals surface area contributed by atoms with Gasteiger partial charge in [0, 0.05) is 0 Å². The van der Waals surface area contributed by atoms with E-state index >= 15 is 0 Å². The Labute approximate surface area is 117 Å². The van der Waals surface area contributed by atoms with Gasteiger partial charge in [-0.25, -0.2) is 9.59 Å². The predicted octanol–water partition coefficient (Wildman–Crippen LogP) is 2.37. The number of amides is 1. The molecule has 6 nitrogen and oxygen atoms in total. The van der Waals surface area contributed by atoms with E-state index in [0.717, 1.165) is 0 Å². The molecule has 0 radical (unpaired) electrons. The number of carboxylic acids is 1. The molecule has 0 aromatic heterocycles. The number of benzene rings is 1. The van der Waals surface area contributed by atoms with E-state index in [4.69, 9.17) is 14.6 Å². The smallest absolute Gasteiger partial charge is 0.407 e. The van der Waals surface area contributed by atoms with Gasteiger partial charge in [0.2, 0.25) is 0 Å². The van der Waals surface area contributed by atoms with Gasteiger partial charge in [0.25, 0.3) is 0 Å². The summed E-state index contributed by atoms with van der Waals surface area (Å²) >= 11 is 0. The first-order valence-corrected chi connectivity index (χ1v) is 5.95. The zero-order valence-corrected chi connectivity index (χ0v) is 11.4. The fraction of sp³-hybridized carbons (Fsp3) is 0.286. The Hall–Kier alpha value is -2.50. The normalized spacial score (nSPS) is 11.3. The summed E-state index contributed by atoms with van der Waals surface area (Å²) in [5.74, 6) is -0.826. The molecule has 2 N–H and O–H groups in total. The summed E-state index contributed by atoms with van der Waals surface area (Å²) in [5, 5.41) is 11.7. The zero-order chi connectivity index (χ0) is 15.1. The van der Waals surface area contributed by atoms with Crippen LogP contribution in [0.5, 0.6) is 5.75 Å². The highest BCUT2D eigenvalue weighted by atomic mass is 16.5. The molecule has 1 aromatic rings. The molecule has 108 valence electrons. The zero-order valence-electron chi connectivity index (χ0n) is 11.4. The molecule has 1 amide bonds. The largest absolute Gasteiger partial charge is 0.496 e. The second-order valence-electron chi connectivity index (χ2n) is 4.02. The molecule has 6 heteroatoms. The number of nitrogens with one attached hydrogen (secondary N) is 1. The third-order valence-corrected chi connectivity index (χ3v) is 2.62. The van der Waals surface area contributed by atoms with Gasteiger partial charge < -0.3 is 19.9 Å². The van der Waals surface area contributed by atoms with E-state index in [2.05, 4.69) is 11.9 Å². The summed E-state index contributed by atoms with van der Waals surface area (Å²) in [6, 6.07) is 4.30. The monoisotopic (exact) mass is 279 g/mol. The van der Waals surface area contributed by atoms with Gasteiger partial charge in [-0.05, 0) is 24.6 Å². The molecule has 0 aliphatic heterocycles. The number of hydrogen-bond acceptors (Lipinski definition) is 4. The summed E-state index contributed by atoms with van der Waals surface area (Å²) in [6.07, 6.45) is 0.866. The first kappa shape index (κ1) is 15.6. The number of carbonyl (C=O) groups is 2. The fourth-order valence-corrected chi connectivity index (χ4v) is 1.60. The van der Waals surface area contributed by atoms with Crippen molar-refractivity contribution in [3.8, 4) is 5.75 Å². The lowest BCUT2D eigenvalue weighted by atomic mass is 10.0. The number of alkyl carbamates (subject to hydrolysis) is 1. The summed E-state index contributed by atoms with van der Waals surface area (Å²) in [4.78, 5) is 22.5. The number of aromatic carboxylic acids is 1. The van der Waals surface area contributed by atoms with Crippen LogP contribution >= 0.6 is 0 Å². The molecule has 0 heterocycles. The van der Waals surface area contributed by atoms with Crippen LogP contribution in [0.3, 0.4) is 0 Å². The number of hydrogen-bond donors (Lipinski definition) is 2.